The van der Waals surface area contributed by atoms with Gasteiger partial charge in [-0.15, -0.1) is 0 Å². The molecule has 0 radical (unpaired) electrons. The third kappa shape index (κ3) is 5.64. The van der Waals surface area contributed by atoms with Gasteiger partial charge in [0.25, 0.3) is 11.6 Å². The van der Waals surface area contributed by atoms with E-state index in [1.54, 1.807) is 0 Å². The Bertz CT molecular complexity index is 862. The number of nitrogens with one attached hydrogen (secondary N) is 2. The van der Waals surface area contributed by atoms with Gasteiger partial charge in [-0.1, -0.05) is 42.5 Å². The summed E-state index contributed by atoms with van der Waals surface area (Å²) >= 11 is 0. The van der Waals surface area contributed by atoms with Crippen LogP contribution in [0.3, 0.4) is 0 Å². The number of carbonyl (C=O) groups is 2. The molecule has 0 heterocycles. The molecule has 0 fully saturated rings. The molecule has 2 aromatic rings. The zero-order valence-electron chi connectivity index (χ0n) is 14.4. The van der Waals surface area contributed by atoms with Gasteiger partial charge in [-0.2, -0.15) is 5.26 Å². The summed E-state index contributed by atoms with van der Waals surface area (Å²) in [7, 11) is 0. The lowest BCUT2D eigenvalue weighted by Gasteiger charge is -2.18. The highest BCUT2D eigenvalue weighted by Gasteiger charge is 2.25. The largest absolute Gasteiger partial charge is 0.353 e. The van der Waals surface area contributed by atoms with Crippen LogP contribution in [-0.4, -0.2) is 29.3 Å². The number of amides is 2. The molecule has 8 nitrogen and oxygen atoms in total. The first-order chi connectivity index (χ1) is 13.0. The Labute approximate surface area is 156 Å². The second kappa shape index (κ2) is 9.68. The first kappa shape index (κ1) is 19.6. The van der Waals surface area contributed by atoms with E-state index < -0.39 is 22.8 Å². The standard InChI is InChI=1S/C19H18N4O4/c20-11-6-12-21-19(25)16(13-14-7-2-1-3-8-14)22-18(24)15-9-4-5-10-17(15)23(26)27/h1-5,7-10,16H,6,12-13H2,(H,21,25)(H,22,24). The molecule has 0 bridgehead atoms. The summed E-state index contributed by atoms with van der Waals surface area (Å²) < 4.78 is 0. The topological polar surface area (TPSA) is 125 Å². The highest BCUT2D eigenvalue weighted by molar-refractivity contribution is 6.00. The molecular formula is C19H18N4O4. The van der Waals surface area contributed by atoms with Gasteiger partial charge in [-0.25, -0.2) is 0 Å². The van der Waals surface area contributed by atoms with Crippen molar-refractivity contribution in [2.45, 2.75) is 18.9 Å². The molecule has 0 aliphatic heterocycles. The van der Waals surface area contributed by atoms with Gasteiger partial charge in [0.15, 0.2) is 0 Å². The van der Waals surface area contributed by atoms with Gasteiger partial charge in [-0.3, -0.25) is 19.7 Å². The smallest absolute Gasteiger partial charge is 0.282 e. The molecule has 2 amide bonds. The second-order valence-corrected chi connectivity index (χ2v) is 5.69. The monoisotopic (exact) mass is 366 g/mol. The predicted molar refractivity (Wildman–Crippen MR) is 97.7 cm³/mol. The molecule has 1 atom stereocenters. The average molecular weight is 366 g/mol. The number of nitrogens with zero attached hydrogens (tertiary/aromatic N) is 2. The molecular weight excluding hydrogens is 348 g/mol. The molecule has 2 aromatic carbocycles. The van der Waals surface area contributed by atoms with E-state index in [9.17, 15) is 19.7 Å². The summed E-state index contributed by atoms with van der Waals surface area (Å²) in [5.74, 6) is -1.17. The zero-order valence-corrected chi connectivity index (χ0v) is 14.4. The summed E-state index contributed by atoms with van der Waals surface area (Å²) in [5.41, 5.74) is 0.365. The Morgan fingerprint density at radius 2 is 1.78 bits per heavy atom. The number of para-hydroxylation sites is 1. The minimum absolute atomic E-state index is 0.120. The van der Waals surface area contributed by atoms with Crippen LogP contribution in [0, 0.1) is 21.4 Å². The highest BCUT2D eigenvalue weighted by atomic mass is 16.6. The predicted octanol–water partition coefficient (Wildman–Crippen LogP) is 1.97. The molecule has 0 aromatic heterocycles. The lowest BCUT2D eigenvalue weighted by atomic mass is 10.0. The van der Waals surface area contributed by atoms with E-state index in [4.69, 9.17) is 5.26 Å². The normalized spacial score (nSPS) is 11.1. The van der Waals surface area contributed by atoms with Gasteiger partial charge >= 0.3 is 0 Å². The SMILES string of the molecule is N#CCCNC(=O)C(Cc1ccccc1)NC(=O)c1ccccc1[N+](=O)[O-]. The number of hydrogen-bond donors (Lipinski definition) is 2. The number of hydrogen-bond acceptors (Lipinski definition) is 5. The van der Waals surface area contributed by atoms with Crippen molar-refractivity contribution in [3.63, 3.8) is 0 Å². The van der Waals surface area contributed by atoms with Crippen molar-refractivity contribution in [2.24, 2.45) is 0 Å². The molecule has 1 unspecified atom stereocenters. The van der Waals surface area contributed by atoms with Crippen molar-refractivity contribution in [1.29, 1.82) is 5.26 Å². The lowest BCUT2D eigenvalue weighted by Crippen LogP contribution is -2.48. The van der Waals surface area contributed by atoms with Crippen LogP contribution in [0.2, 0.25) is 0 Å². The van der Waals surface area contributed by atoms with Gasteiger partial charge in [-0.05, 0) is 11.6 Å². The van der Waals surface area contributed by atoms with E-state index in [2.05, 4.69) is 10.6 Å². The first-order valence-electron chi connectivity index (χ1n) is 8.25. The van der Waals surface area contributed by atoms with Gasteiger partial charge < -0.3 is 10.6 Å². The number of nitro benzene ring substituents is 1. The maximum absolute atomic E-state index is 12.6. The molecule has 2 N–H and O–H groups in total. The first-order valence-corrected chi connectivity index (χ1v) is 8.25. The number of rotatable bonds is 8. The summed E-state index contributed by atoms with van der Waals surface area (Å²) in [5, 5.41) is 24.9. The Balaban J connectivity index is 2.20. The van der Waals surface area contributed by atoms with Gasteiger partial charge in [0, 0.05) is 19.0 Å². The third-order valence-corrected chi connectivity index (χ3v) is 3.79. The van der Waals surface area contributed by atoms with Gasteiger partial charge in [0.2, 0.25) is 5.91 Å². The van der Waals surface area contributed by atoms with E-state index in [0.717, 1.165) is 5.56 Å². The van der Waals surface area contributed by atoms with Crippen LogP contribution in [0.5, 0.6) is 0 Å². The van der Waals surface area contributed by atoms with Crippen molar-refractivity contribution in [1.82, 2.24) is 10.6 Å². The summed E-state index contributed by atoms with van der Waals surface area (Å²) in [6.07, 6.45) is 0.355. The minimum Gasteiger partial charge on any atom is -0.353 e. The number of nitro groups is 1. The van der Waals surface area contributed by atoms with Crippen LogP contribution in [0.25, 0.3) is 0 Å². The number of nitriles is 1. The van der Waals surface area contributed by atoms with Crippen molar-refractivity contribution in [3.8, 4) is 6.07 Å². The molecule has 2 rings (SSSR count). The fourth-order valence-electron chi connectivity index (χ4n) is 2.48. The van der Waals surface area contributed by atoms with Crippen LogP contribution >= 0.6 is 0 Å². The van der Waals surface area contributed by atoms with Crippen LogP contribution in [0.4, 0.5) is 5.69 Å². The maximum Gasteiger partial charge on any atom is 0.282 e. The van der Waals surface area contributed by atoms with Crippen molar-refractivity contribution in [2.75, 3.05) is 6.54 Å². The summed E-state index contributed by atoms with van der Waals surface area (Å²) in [4.78, 5) is 35.5. The third-order valence-electron chi connectivity index (χ3n) is 3.79. The fourth-order valence-corrected chi connectivity index (χ4v) is 2.48. The number of carbonyl (C=O) groups excluding carboxylic acids is 2. The summed E-state index contributed by atoms with van der Waals surface area (Å²) in [6, 6.07) is 15.6. The molecule has 8 heteroatoms. The molecule has 27 heavy (non-hydrogen) atoms. The quantitative estimate of drug-likeness (QED) is 0.420. The molecule has 0 aliphatic carbocycles. The van der Waals surface area contributed by atoms with Crippen molar-refractivity contribution < 1.29 is 14.5 Å². The summed E-state index contributed by atoms with van der Waals surface area (Å²) in [6.45, 7) is 0.155. The van der Waals surface area contributed by atoms with Crippen molar-refractivity contribution >= 4 is 17.5 Å². The average Bonchev–Trinajstić information content (AvgIpc) is 2.68. The Hall–Kier alpha value is -3.73. The van der Waals surface area contributed by atoms with Crippen LogP contribution in [-0.2, 0) is 11.2 Å². The second-order valence-electron chi connectivity index (χ2n) is 5.69. The number of benzene rings is 2. The lowest BCUT2D eigenvalue weighted by molar-refractivity contribution is -0.385. The van der Waals surface area contributed by atoms with E-state index in [1.807, 2.05) is 36.4 Å². The molecule has 0 saturated carbocycles. The van der Waals surface area contributed by atoms with Crippen LogP contribution in [0.15, 0.2) is 54.6 Å². The van der Waals surface area contributed by atoms with Crippen molar-refractivity contribution in [3.05, 3.63) is 75.8 Å². The van der Waals surface area contributed by atoms with Crippen LogP contribution < -0.4 is 10.6 Å². The van der Waals surface area contributed by atoms with E-state index in [-0.39, 0.29) is 30.6 Å². The Morgan fingerprint density at radius 1 is 1.11 bits per heavy atom. The van der Waals surface area contributed by atoms with Crippen LogP contribution in [0.1, 0.15) is 22.3 Å². The molecule has 0 spiro atoms. The maximum atomic E-state index is 12.6. The Kier molecular flexibility index (Phi) is 7.02. The highest BCUT2D eigenvalue weighted by Crippen LogP contribution is 2.17. The zero-order chi connectivity index (χ0) is 19.6. The molecule has 0 aliphatic rings. The molecule has 0 saturated heterocycles. The van der Waals surface area contributed by atoms with Gasteiger partial charge in [0.05, 0.1) is 17.4 Å². The van der Waals surface area contributed by atoms with Gasteiger partial charge in [0.1, 0.15) is 11.6 Å². The van der Waals surface area contributed by atoms with E-state index in [1.165, 1.54) is 24.3 Å². The fraction of sp³-hybridized carbons (Fsp3) is 0.211. The van der Waals surface area contributed by atoms with E-state index in [0.29, 0.717) is 0 Å². The van der Waals surface area contributed by atoms with E-state index >= 15 is 0 Å². The minimum atomic E-state index is -0.932. The molecule has 138 valence electrons. The Morgan fingerprint density at radius 3 is 2.44 bits per heavy atom.